The SMILES string of the molecule is CCOCC1CCC2(CCN(C(=O)Cc3ccccn3)CC2)N1C. The van der Waals surface area contributed by atoms with Crippen LogP contribution in [0.2, 0.25) is 0 Å². The standard InChI is InChI=1S/C19H29N3O2/c1-3-24-15-17-7-8-19(21(17)2)9-12-22(13-10-19)18(23)14-16-6-4-5-11-20-16/h4-6,11,17H,3,7-10,12-15H2,1-2H3. The van der Waals surface area contributed by atoms with Crippen molar-refractivity contribution in [1.29, 1.82) is 0 Å². The number of hydrogen-bond donors (Lipinski definition) is 0. The van der Waals surface area contributed by atoms with Gasteiger partial charge in [0.2, 0.25) is 5.91 Å². The van der Waals surface area contributed by atoms with Gasteiger partial charge < -0.3 is 9.64 Å². The third-order valence-corrected chi connectivity index (χ3v) is 5.86. The topological polar surface area (TPSA) is 45.7 Å². The molecule has 3 heterocycles. The van der Waals surface area contributed by atoms with E-state index in [1.54, 1.807) is 6.20 Å². The minimum Gasteiger partial charge on any atom is -0.380 e. The predicted molar refractivity (Wildman–Crippen MR) is 93.8 cm³/mol. The summed E-state index contributed by atoms with van der Waals surface area (Å²) >= 11 is 0. The van der Waals surface area contributed by atoms with E-state index in [1.165, 1.54) is 12.8 Å². The zero-order valence-electron chi connectivity index (χ0n) is 14.9. The molecule has 1 spiro atoms. The summed E-state index contributed by atoms with van der Waals surface area (Å²) in [6.45, 7) is 5.38. The molecule has 0 radical (unpaired) electrons. The van der Waals surface area contributed by atoms with Gasteiger partial charge in [0.15, 0.2) is 0 Å². The molecule has 0 aromatic carbocycles. The molecule has 0 saturated carbocycles. The van der Waals surface area contributed by atoms with Crippen LogP contribution in [0.4, 0.5) is 0 Å². The second kappa shape index (κ2) is 7.62. The number of nitrogens with zero attached hydrogens (tertiary/aromatic N) is 3. The Hall–Kier alpha value is -1.46. The second-order valence-corrected chi connectivity index (χ2v) is 7.07. The van der Waals surface area contributed by atoms with Crippen LogP contribution in [-0.2, 0) is 16.0 Å². The van der Waals surface area contributed by atoms with E-state index in [0.29, 0.717) is 12.5 Å². The summed E-state index contributed by atoms with van der Waals surface area (Å²) in [4.78, 5) is 21.3. The lowest BCUT2D eigenvalue weighted by Gasteiger charge is -2.45. The highest BCUT2D eigenvalue weighted by Gasteiger charge is 2.46. The summed E-state index contributed by atoms with van der Waals surface area (Å²) < 4.78 is 5.63. The number of likely N-dealkylation sites (tertiary alicyclic amines) is 2. The molecule has 2 saturated heterocycles. The molecule has 24 heavy (non-hydrogen) atoms. The Morgan fingerprint density at radius 2 is 2.12 bits per heavy atom. The smallest absolute Gasteiger partial charge is 0.228 e. The molecular weight excluding hydrogens is 302 g/mol. The highest BCUT2D eigenvalue weighted by atomic mass is 16.5. The maximum Gasteiger partial charge on any atom is 0.228 e. The fourth-order valence-electron chi connectivity index (χ4n) is 4.19. The van der Waals surface area contributed by atoms with Gasteiger partial charge >= 0.3 is 0 Å². The number of rotatable bonds is 5. The molecule has 2 aliphatic rings. The summed E-state index contributed by atoms with van der Waals surface area (Å²) in [5.41, 5.74) is 1.13. The Balaban J connectivity index is 1.53. The van der Waals surface area contributed by atoms with Gasteiger partial charge in [0.05, 0.1) is 13.0 Å². The van der Waals surface area contributed by atoms with Crippen LogP contribution in [-0.4, -0.2) is 65.6 Å². The molecule has 1 unspecified atom stereocenters. The largest absolute Gasteiger partial charge is 0.380 e. The molecular formula is C19H29N3O2. The van der Waals surface area contributed by atoms with Crippen molar-refractivity contribution in [2.24, 2.45) is 0 Å². The van der Waals surface area contributed by atoms with Crippen molar-refractivity contribution in [3.05, 3.63) is 30.1 Å². The molecule has 1 aromatic heterocycles. The maximum absolute atomic E-state index is 12.5. The lowest BCUT2D eigenvalue weighted by Crippen LogP contribution is -2.54. The summed E-state index contributed by atoms with van der Waals surface area (Å²) in [5, 5.41) is 0. The molecule has 2 aliphatic heterocycles. The Labute approximate surface area is 145 Å². The van der Waals surface area contributed by atoms with Crippen molar-refractivity contribution < 1.29 is 9.53 Å². The molecule has 132 valence electrons. The van der Waals surface area contributed by atoms with Gasteiger partial charge in [0.25, 0.3) is 0 Å². The van der Waals surface area contributed by atoms with Crippen molar-refractivity contribution in [2.45, 2.75) is 50.6 Å². The van der Waals surface area contributed by atoms with Gasteiger partial charge in [-0.2, -0.15) is 0 Å². The van der Waals surface area contributed by atoms with Gasteiger partial charge in [-0.05, 0) is 51.8 Å². The molecule has 0 bridgehead atoms. The molecule has 5 nitrogen and oxygen atoms in total. The van der Waals surface area contributed by atoms with Crippen LogP contribution in [0.15, 0.2) is 24.4 Å². The monoisotopic (exact) mass is 331 g/mol. The second-order valence-electron chi connectivity index (χ2n) is 7.07. The van der Waals surface area contributed by atoms with E-state index in [4.69, 9.17) is 4.74 Å². The lowest BCUT2D eigenvalue weighted by molar-refractivity contribution is -0.133. The Kier molecular flexibility index (Phi) is 5.51. The number of hydrogen-bond acceptors (Lipinski definition) is 4. The fourth-order valence-corrected chi connectivity index (χ4v) is 4.19. The number of ether oxygens (including phenoxy) is 1. The van der Waals surface area contributed by atoms with Gasteiger partial charge in [-0.3, -0.25) is 14.7 Å². The van der Waals surface area contributed by atoms with Crippen molar-refractivity contribution in [3.63, 3.8) is 0 Å². The van der Waals surface area contributed by atoms with E-state index in [0.717, 1.165) is 44.8 Å². The first-order chi connectivity index (χ1) is 11.6. The Morgan fingerprint density at radius 3 is 2.79 bits per heavy atom. The van der Waals surface area contributed by atoms with E-state index in [-0.39, 0.29) is 11.4 Å². The highest BCUT2D eigenvalue weighted by molar-refractivity contribution is 5.78. The van der Waals surface area contributed by atoms with E-state index in [2.05, 4.69) is 23.9 Å². The average Bonchev–Trinajstić information content (AvgIpc) is 2.91. The molecule has 0 N–H and O–H groups in total. The van der Waals surface area contributed by atoms with Gasteiger partial charge in [0, 0.05) is 43.2 Å². The number of pyridine rings is 1. The highest BCUT2D eigenvalue weighted by Crippen LogP contribution is 2.40. The maximum atomic E-state index is 12.5. The van der Waals surface area contributed by atoms with Crippen LogP contribution in [0, 0.1) is 0 Å². The number of carbonyl (C=O) groups is 1. The van der Waals surface area contributed by atoms with Crippen LogP contribution < -0.4 is 0 Å². The van der Waals surface area contributed by atoms with Crippen LogP contribution in [0.25, 0.3) is 0 Å². The van der Waals surface area contributed by atoms with Crippen molar-refractivity contribution in [2.75, 3.05) is 33.4 Å². The van der Waals surface area contributed by atoms with Crippen molar-refractivity contribution >= 4 is 5.91 Å². The molecule has 5 heteroatoms. The molecule has 1 atom stereocenters. The van der Waals surface area contributed by atoms with Crippen molar-refractivity contribution in [1.82, 2.24) is 14.8 Å². The minimum atomic E-state index is 0.204. The molecule has 2 fully saturated rings. The number of carbonyl (C=O) groups excluding carboxylic acids is 1. The Morgan fingerprint density at radius 1 is 1.33 bits per heavy atom. The third kappa shape index (κ3) is 3.62. The van der Waals surface area contributed by atoms with E-state index in [1.807, 2.05) is 23.1 Å². The molecule has 1 amide bonds. The summed E-state index contributed by atoms with van der Waals surface area (Å²) in [6.07, 6.45) is 6.73. The first-order valence-electron chi connectivity index (χ1n) is 9.13. The van der Waals surface area contributed by atoms with Gasteiger partial charge in [0.1, 0.15) is 0 Å². The van der Waals surface area contributed by atoms with Gasteiger partial charge in [-0.15, -0.1) is 0 Å². The number of piperidine rings is 1. The summed E-state index contributed by atoms with van der Waals surface area (Å²) in [6, 6.07) is 6.27. The number of likely N-dealkylation sites (N-methyl/N-ethyl adjacent to an activating group) is 1. The normalized spacial score (nSPS) is 23.8. The number of aromatic nitrogens is 1. The third-order valence-electron chi connectivity index (χ3n) is 5.86. The zero-order valence-corrected chi connectivity index (χ0v) is 14.9. The minimum absolute atomic E-state index is 0.204. The van der Waals surface area contributed by atoms with Crippen LogP contribution in [0.1, 0.15) is 38.3 Å². The Bertz CT molecular complexity index is 541. The fraction of sp³-hybridized carbons (Fsp3) is 0.684. The first kappa shape index (κ1) is 17.4. The summed E-state index contributed by atoms with van der Waals surface area (Å²) in [5.74, 6) is 0.204. The predicted octanol–water partition coefficient (Wildman–Crippen LogP) is 2.12. The first-order valence-corrected chi connectivity index (χ1v) is 9.13. The van der Waals surface area contributed by atoms with Crippen LogP contribution in [0.5, 0.6) is 0 Å². The van der Waals surface area contributed by atoms with Crippen molar-refractivity contribution in [3.8, 4) is 0 Å². The van der Waals surface area contributed by atoms with Crippen LogP contribution in [0.3, 0.4) is 0 Å². The molecule has 0 aliphatic carbocycles. The van der Waals surface area contributed by atoms with E-state index < -0.39 is 0 Å². The van der Waals surface area contributed by atoms with E-state index >= 15 is 0 Å². The van der Waals surface area contributed by atoms with Gasteiger partial charge in [-0.1, -0.05) is 6.07 Å². The van der Waals surface area contributed by atoms with E-state index in [9.17, 15) is 4.79 Å². The zero-order chi connectivity index (χ0) is 17.0. The number of amides is 1. The van der Waals surface area contributed by atoms with Crippen LogP contribution >= 0.6 is 0 Å². The lowest BCUT2D eigenvalue weighted by atomic mass is 9.85. The van der Waals surface area contributed by atoms with Gasteiger partial charge in [-0.25, -0.2) is 0 Å². The average molecular weight is 331 g/mol. The quantitative estimate of drug-likeness (QED) is 0.829. The molecule has 1 aromatic rings. The molecule has 3 rings (SSSR count). The summed E-state index contributed by atoms with van der Waals surface area (Å²) in [7, 11) is 2.24.